The fraction of sp³-hybridized carbons (Fsp3) is 0.417. The van der Waals surface area contributed by atoms with Crippen molar-refractivity contribution in [3.05, 3.63) is 34.3 Å². The Hall–Kier alpha value is -1.10. The minimum Gasteiger partial charge on any atom is -0.392 e. The van der Waals surface area contributed by atoms with Gasteiger partial charge < -0.3 is 16.2 Å². The molecule has 0 fully saturated rings. The smallest absolute Gasteiger partial charge is 0.248 e. The zero-order chi connectivity index (χ0) is 12.8. The lowest BCUT2D eigenvalue weighted by molar-refractivity contribution is 0.100. The summed E-state index contributed by atoms with van der Waals surface area (Å²) in [5.74, 6) is -0.493. The van der Waals surface area contributed by atoms with Gasteiger partial charge in [0, 0.05) is 23.7 Å². The van der Waals surface area contributed by atoms with Crippen LogP contribution in [0.3, 0.4) is 0 Å². The first-order chi connectivity index (χ1) is 8.04. The van der Waals surface area contributed by atoms with E-state index in [2.05, 4.69) is 5.32 Å². The number of aliphatic hydroxyl groups excluding tert-OH is 1. The molecule has 94 valence electrons. The fourth-order valence-electron chi connectivity index (χ4n) is 1.36. The molecular formula is C12H17ClN2O2. The van der Waals surface area contributed by atoms with E-state index >= 15 is 0 Å². The number of carbonyl (C=O) groups is 1. The summed E-state index contributed by atoms with van der Waals surface area (Å²) in [5.41, 5.74) is 6.41. The fourth-order valence-corrected chi connectivity index (χ4v) is 1.61. The summed E-state index contributed by atoms with van der Waals surface area (Å²) in [5, 5.41) is 13.0. The summed E-state index contributed by atoms with van der Waals surface area (Å²) in [6.07, 6.45) is 0.361. The molecule has 0 saturated heterocycles. The van der Waals surface area contributed by atoms with Crippen molar-refractivity contribution in [1.29, 1.82) is 0 Å². The third-order valence-electron chi connectivity index (χ3n) is 2.50. The molecule has 0 aliphatic rings. The van der Waals surface area contributed by atoms with E-state index in [4.69, 9.17) is 17.3 Å². The van der Waals surface area contributed by atoms with Gasteiger partial charge in [-0.05, 0) is 24.1 Å². The number of amides is 1. The lowest BCUT2D eigenvalue weighted by Crippen LogP contribution is -2.25. The van der Waals surface area contributed by atoms with Gasteiger partial charge in [-0.1, -0.05) is 24.6 Å². The SMILES string of the molecule is CCC(O)CNCc1ccc(C(N)=O)cc1Cl. The van der Waals surface area contributed by atoms with E-state index in [0.29, 0.717) is 30.1 Å². The molecule has 1 aromatic rings. The monoisotopic (exact) mass is 256 g/mol. The van der Waals surface area contributed by atoms with E-state index in [1.807, 2.05) is 6.92 Å². The minimum atomic E-state index is -0.493. The molecule has 5 heteroatoms. The molecule has 0 aliphatic carbocycles. The van der Waals surface area contributed by atoms with Crippen LogP contribution in [0.5, 0.6) is 0 Å². The van der Waals surface area contributed by atoms with E-state index in [9.17, 15) is 9.90 Å². The van der Waals surface area contributed by atoms with Crippen molar-refractivity contribution in [2.24, 2.45) is 5.73 Å². The van der Waals surface area contributed by atoms with Crippen LogP contribution in [0.2, 0.25) is 5.02 Å². The number of nitrogens with one attached hydrogen (secondary N) is 1. The van der Waals surface area contributed by atoms with Gasteiger partial charge >= 0.3 is 0 Å². The molecule has 0 aromatic heterocycles. The van der Waals surface area contributed by atoms with E-state index < -0.39 is 5.91 Å². The Morgan fingerprint density at radius 3 is 2.82 bits per heavy atom. The number of primary amides is 1. The van der Waals surface area contributed by atoms with Gasteiger partial charge in [-0.25, -0.2) is 0 Å². The van der Waals surface area contributed by atoms with Crippen LogP contribution in [0.15, 0.2) is 18.2 Å². The lowest BCUT2D eigenvalue weighted by Gasteiger charge is -2.10. The minimum absolute atomic E-state index is 0.348. The van der Waals surface area contributed by atoms with Crippen LogP contribution in [0, 0.1) is 0 Å². The summed E-state index contributed by atoms with van der Waals surface area (Å²) in [6.45, 7) is 2.99. The molecule has 4 nitrogen and oxygen atoms in total. The lowest BCUT2D eigenvalue weighted by atomic mass is 10.1. The molecule has 1 unspecified atom stereocenters. The number of benzene rings is 1. The number of nitrogens with two attached hydrogens (primary N) is 1. The maximum Gasteiger partial charge on any atom is 0.248 e. The van der Waals surface area contributed by atoms with Gasteiger partial charge in [0.2, 0.25) is 5.91 Å². The third kappa shape index (κ3) is 4.34. The Labute approximate surface area is 106 Å². The van der Waals surface area contributed by atoms with Gasteiger partial charge in [0.15, 0.2) is 0 Å². The molecule has 0 bridgehead atoms. The predicted molar refractivity (Wildman–Crippen MR) is 68.0 cm³/mol. The van der Waals surface area contributed by atoms with Gasteiger partial charge in [-0.3, -0.25) is 4.79 Å². The third-order valence-corrected chi connectivity index (χ3v) is 2.86. The molecule has 0 radical (unpaired) electrons. The molecule has 0 spiro atoms. The van der Waals surface area contributed by atoms with E-state index in [1.54, 1.807) is 18.2 Å². The Morgan fingerprint density at radius 1 is 1.59 bits per heavy atom. The highest BCUT2D eigenvalue weighted by Gasteiger charge is 2.06. The van der Waals surface area contributed by atoms with Crippen molar-refractivity contribution in [1.82, 2.24) is 5.32 Å². The van der Waals surface area contributed by atoms with Crippen molar-refractivity contribution in [3.63, 3.8) is 0 Å². The highest BCUT2D eigenvalue weighted by atomic mass is 35.5. The van der Waals surface area contributed by atoms with Gasteiger partial charge in [-0.2, -0.15) is 0 Å². The molecule has 1 aromatic carbocycles. The Kier molecular flexibility index (Phi) is 5.41. The second-order valence-corrected chi connectivity index (χ2v) is 4.27. The second kappa shape index (κ2) is 6.59. The molecule has 17 heavy (non-hydrogen) atoms. The van der Waals surface area contributed by atoms with Crippen molar-refractivity contribution in [3.8, 4) is 0 Å². The molecule has 1 atom stereocenters. The quantitative estimate of drug-likeness (QED) is 0.718. The van der Waals surface area contributed by atoms with E-state index in [1.165, 1.54) is 0 Å². The summed E-state index contributed by atoms with van der Waals surface area (Å²) < 4.78 is 0. The highest BCUT2D eigenvalue weighted by Crippen LogP contribution is 2.17. The number of carbonyl (C=O) groups excluding carboxylic acids is 1. The van der Waals surface area contributed by atoms with Crippen LogP contribution in [-0.4, -0.2) is 23.7 Å². The van der Waals surface area contributed by atoms with Crippen LogP contribution < -0.4 is 11.1 Å². The van der Waals surface area contributed by atoms with Crippen molar-refractivity contribution in [2.45, 2.75) is 26.0 Å². The predicted octanol–water partition coefficient (Wildman–Crippen LogP) is 1.30. The number of hydrogen-bond donors (Lipinski definition) is 3. The maximum absolute atomic E-state index is 10.9. The van der Waals surface area contributed by atoms with E-state index in [-0.39, 0.29) is 6.10 Å². The Bertz CT molecular complexity index is 396. The average Bonchev–Trinajstić information content (AvgIpc) is 2.30. The summed E-state index contributed by atoms with van der Waals surface area (Å²) in [4.78, 5) is 10.9. The summed E-state index contributed by atoms with van der Waals surface area (Å²) >= 11 is 6.01. The number of rotatable bonds is 6. The van der Waals surface area contributed by atoms with Crippen LogP contribution >= 0.6 is 11.6 Å². The van der Waals surface area contributed by atoms with Crippen molar-refractivity contribution in [2.75, 3.05) is 6.54 Å². The zero-order valence-electron chi connectivity index (χ0n) is 9.74. The standard InChI is InChI=1S/C12H17ClN2O2/c1-2-10(16)7-15-6-9-4-3-8(12(14)17)5-11(9)13/h3-5,10,15-16H,2,6-7H2,1H3,(H2,14,17). The molecule has 4 N–H and O–H groups in total. The normalized spacial score (nSPS) is 12.4. The van der Waals surface area contributed by atoms with Gasteiger partial charge in [0.05, 0.1) is 6.10 Å². The first-order valence-electron chi connectivity index (χ1n) is 5.51. The molecule has 1 amide bonds. The first kappa shape index (κ1) is 14.0. The van der Waals surface area contributed by atoms with Crippen LogP contribution in [0.4, 0.5) is 0 Å². The van der Waals surface area contributed by atoms with Crippen LogP contribution in [0.25, 0.3) is 0 Å². The Balaban J connectivity index is 2.57. The summed E-state index contributed by atoms with van der Waals surface area (Å²) in [7, 11) is 0. The number of hydrogen-bond acceptors (Lipinski definition) is 3. The topological polar surface area (TPSA) is 75.3 Å². The van der Waals surface area contributed by atoms with Crippen LogP contribution in [-0.2, 0) is 6.54 Å². The van der Waals surface area contributed by atoms with Crippen molar-refractivity contribution < 1.29 is 9.90 Å². The molecule has 0 saturated carbocycles. The van der Waals surface area contributed by atoms with Gasteiger partial charge in [0.1, 0.15) is 0 Å². The maximum atomic E-state index is 10.9. The molecule has 0 aliphatic heterocycles. The largest absolute Gasteiger partial charge is 0.392 e. The highest BCUT2D eigenvalue weighted by molar-refractivity contribution is 6.31. The average molecular weight is 257 g/mol. The second-order valence-electron chi connectivity index (χ2n) is 3.86. The summed E-state index contributed by atoms with van der Waals surface area (Å²) in [6, 6.07) is 4.95. The van der Waals surface area contributed by atoms with Gasteiger partial charge in [-0.15, -0.1) is 0 Å². The molecule has 0 heterocycles. The van der Waals surface area contributed by atoms with Crippen molar-refractivity contribution >= 4 is 17.5 Å². The van der Waals surface area contributed by atoms with Crippen LogP contribution in [0.1, 0.15) is 29.3 Å². The first-order valence-corrected chi connectivity index (χ1v) is 5.89. The number of aliphatic hydroxyl groups is 1. The number of halogens is 1. The molecule has 1 rings (SSSR count). The Morgan fingerprint density at radius 2 is 2.29 bits per heavy atom. The van der Waals surface area contributed by atoms with E-state index in [0.717, 1.165) is 5.56 Å². The molecular weight excluding hydrogens is 240 g/mol. The zero-order valence-corrected chi connectivity index (χ0v) is 10.5. The van der Waals surface area contributed by atoms with Gasteiger partial charge in [0.25, 0.3) is 0 Å².